The molecular weight excluding hydrogens is 442 g/mol. The minimum absolute atomic E-state index is 0.00307. The van der Waals surface area contributed by atoms with Crippen LogP contribution in [0.4, 0.5) is 4.79 Å². The zero-order chi connectivity index (χ0) is 22.9. The van der Waals surface area contributed by atoms with E-state index in [1.165, 1.54) is 0 Å². The number of halogens is 1. The number of carbonyl (C=O) groups excluding carboxylic acids is 2. The van der Waals surface area contributed by atoms with Gasteiger partial charge in [-0.3, -0.25) is 9.69 Å². The van der Waals surface area contributed by atoms with Gasteiger partial charge < -0.3 is 19.4 Å². The zero-order valence-corrected chi connectivity index (χ0v) is 19.2. The fraction of sp³-hybridized carbons (Fsp3) is 0.360. The number of nitrogens with one attached hydrogen (secondary N) is 1. The highest BCUT2D eigenvalue weighted by Gasteiger charge is 2.35. The first-order chi connectivity index (χ1) is 16.1. The van der Waals surface area contributed by atoms with Crippen LogP contribution in [0.2, 0.25) is 5.02 Å². The summed E-state index contributed by atoms with van der Waals surface area (Å²) in [5, 5.41) is 1.75. The van der Waals surface area contributed by atoms with Crippen LogP contribution in [0.3, 0.4) is 0 Å². The zero-order valence-electron chi connectivity index (χ0n) is 18.5. The Morgan fingerprint density at radius 1 is 1.12 bits per heavy atom. The summed E-state index contributed by atoms with van der Waals surface area (Å²) in [5.41, 5.74) is 4.65. The predicted octanol–water partition coefficient (Wildman–Crippen LogP) is 4.40. The second-order valence-corrected chi connectivity index (χ2v) is 8.72. The number of hydrogen-bond donors (Lipinski definition) is 1. The first kappa shape index (κ1) is 21.8. The van der Waals surface area contributed by atoms with Crippen LogP contribution in [0.25, 0.3) is 10.9 Å². The molecule has 2 aliphatic heterocycles. The molecule has 1 fully saturated rings. The Morgan fingerprint density at radius 2 is 1.88 bits per heavy atom. The molecule has 33 heavy (non-hydrogen) atoms. The van der Waals surface area contributed by atoms with Gasteiger partial charge in [0.15, 0.2) is 0 Å². The van der Waals surface area contributed by atoms with Crippen molar-refractivity contribution in [3.8, 4) is 0 Å². The van der Waals surface area contributed by atoms with Crippen molar-refractivity contribution in [2.75, 3.05) is 39.5 Å². The fourth-order valence-corrected chi connectivity index (χ4v) is 4.94. The van der Waals surface area contributed by atoms with Gasteiger partial charge in [0.05, 0.1) is 19.8 Å². The molecule has 2 aliphatic rings. The molecule has 0 saturated carbocycles. The molecule has 1 atom stereocenters. The van der Waals surface area contributed by atoms with Gasteiger partial charge in [-0.15, -0.1) is 0 Å². The lowest BCUT2D eigenvalue weighted by Crippen LogP contribution is -2.41. The van der Waals surface area contributed by atoms with Crippen LogP contribution in [-0.4, -0.2) is 66.2 Å². The standard InChI is InChI=1S/C25H26ClN3O4/c1-2-33-25(31)29-10-9-19-20-15-18(26)7-8-21(20)27-22(19)23(29)16-3-5-17(6-4-16)24(30)28-11-13-32-14-12-28/h3-8,15,23,27H,2,9-14H2,1H3. The van der Waals surface area contributed by atoms with Crippen molar-refractivity contribution in [3.63, 3.8) is 0 Å². The molecule has 5 rings (SSSR count). The molecule has 1 saturated heterocycles. The normalized spacial score (nSPS) is 18.3. The van der Waals surface area contributed by atoms with Crippen molar-refractivity contribution in [1.82, 2.24) is 14.8 Å². The number of aromatic amines is 1. The van der Waals surface area contributed by atoms with Crippen molar-refractivity contribution in [2.45, 2.75) is 19.4 Å². The lowest BCUT2D eigenvalue weighted by molar-refractivity contribution is 0.0303. The second kappa shape index (κ2) is 9.08. The van der Waals surface area contributed by atoms with E-state index in [1.807, 2.05) is 47.4 Å². The number of morpholine rings is 1. The van der Waals surface area contributed by atoms with E-state index in [2.05, 4.69) is 4.98 Å². The lowest BCUT2D eigenvalue weighted by Gasteiger charge is -2.35. The molecule has 3 aromatic rings. The van der Waals surface area contributed by atoms with Crippen LogP contribution in [0, 0.1) is 0 Å². The topological polar surface area (TPSA) is 74.9 Å². The van der Waals surface area contributed by atoms with Gasteiger partial charge in [0, 0.05) is 46.8 Å². The molecule has 3 heterocycles. The molecule has 1 aromatic heterocycles. The van der Waals surface area contributed by atoms with Crippen LogP contribution >= 0.6 is 11.6 Å². The summed E-state index contributed by atoms with van der Waals surface area (Å²) in [6, 6.07) is 13.0. The summed E-state index contributed by atoms with van der Waals surface area (Å²) in [7, 11) is 0. The summed E-state index contributed by atoms with van der Waals surface area (Å²) in [6.07, 6.45) is 0.358. The van der Waals surface area contributed by atoms with E-state index >= 15 is 0 Å². The summed E-state index contributed by atoms with van der Waals surface area (Å²) in [4.78, 5) is 32.8. The molecule has 7 nitrogen and oxygen atoms in total. The van der Waals surface area contributed by atoms with E-state index in [0.29, 0.717) is 56.5 Å². The van der Waals surface area contributed by atoms with Crippen LogP contribution in [0.5, 0.6) is 0 Å². The number of ether oxygens (including phenoxy) is 2. The van der Waals surface area contributed by atoms with Gasteiger partial charge in [0.2, 0.25) is 0 Å². The number of fused-ring (bicyclic) bond motifs is 3. The largest absolute Gasteiger partial charge is 0.450 e. The van der Waals surface area contributed by atoms with Crippen molar-refractivity contribution < 1.29 is 19.1 Å². The average molecular weight is 468 g/mol. The van der Waals surface area contributed by atoms with E-state index in [1.54, 1.807) is 11.8 Å². The first-order valence-electron chi connectivity index (χ1n) is 11.3. The van der Waals surface area contributed by atoms with Gasteiger partial charge in [-0.05, 0) is 54.8 Å². The number of benzene rings is 2. The van der Waals surface area contributed by atoms with Crippen LogP contribution < -0.4 is 0 Å². The number of nitrogens with zero attached hydrogens (tertiary/aromatic N) is 2. The molecule has 172 valence electrons. The van der Waals surface area contributed by atoms with Crippen molar-refractivity contribution in [3.05, 3.63) is 69.9 Å². The minimum Gasteiger partial charge on any atom is -0.450 e. The predicted molar refractivity (Wildman–Crippen MR) is 126 cm³/mol. The highest BCUT2D eigenvalue weighted by atomic mass is 35.5. The Morgan fingerprint density at radius 3 is 2.61 bits per heavy atom. The first-order valence-corrected chi connectivity index (χ1v) is 11.6. The van der Waals surface area contributed by atoms with Gasteiger partial charge in [-0.25, -0.2) is 4.79 Å². The lowest BCUT2D eigenvalue weighted by atomic mass is 9.92. The molecular formula is C25H26ClN3O4. The minimum atomic E-state index is -0.349. The van der Waals surface area contributed by atoms with Gasteiger partial charge in [-0.2, -0.15) is 0 Å². The number of H-pyrrole nitrogens is 1. The van der Waals surface area contributed by atoms with Crippen molar-refractivity contribution >= 4 is 34.5 Å². The average Bonchev–Trinajstić information content (AvgIpc) is 3.21. The summed E-state index contributed by atoms with van der Waals surface area (Å²) < 4.78 is 10.7. The molecule has 1 unspecified atom stereocenters. The maximum atomic E-state index is 12.9. The van der Waals surface area contributed by atoms with E-state index < -0.39 is 0 Å². The number of hydrogen-bond acceptors (Lipinski definition) is 4. The molecule has 8 heteroatoms. The van der Waals surface area contributed by atoms with Crippen LogP contribution in [0.1, 0.15) is 40.1 Å². The molecule has 2 aromatic carbocycles. The van der Waals surface area contributed by atoms with Crippen LogP contribution in [-0.2, 0) is 15.9 Å². The molecule has 2 amide bonds. The Kier molecular flexibility index (Phi) is 6.00. The van der Waals surface area contributed by atoms with Crippen molar-refractivity contribution in [2.24, 2.45) is 0 Å². The van der Waals surface area contributed by atoms with Gasteiger partial charge in [0.1, 0.15) is 6.04 Å². The Bertz CT molecular complexity index is 1180. The third-order valence-corrected chi connectivity index (χ3v) is 6.60. The summed E-state index contributed by atoms with van der Waals surface area (Å²) in [5.74, 6) is -0.00307. The molecule has 1 N–H and O–H groups in total. The molecule has 0 aliphatic carbocycles. The van der Waals surface area contributed by atoms with E-state index in [-0.39, 0.29) is 18.0 Å². The van der Waals surface area contributed by atoms with Gasteiger partial charge in [0.25, 0.3) is 5.91 Å². The molecule has 0 bridgehead atoms. The van der Waals surface area contributed by atoms with E-state index in [9.17, 15) is 9.59 Å². The smallest absolute Gasteiger partial charge is 0.410 e. The Labute approximate surface area is 197 Å². The monoisotopic (exact) mass is 467 g/mol. The maximum Gasteiger partial charge on any atom is 0.410 e. The third kappa shape index (κ3) is 4.07. The van der Waals surface area contributed by atoms with E-state index in [4.69, 9.17) is 21.1 Å². The molecule has 0 spiro atoms. The summed E-state index contributed by atoms with van der Waals surface area (Å²) >= 11 is 6.26. The third-order valence-electron chi connectivity index (χ3n) is 6.36. The number of aromatic nitrogens is 1. The summed E-state index contributed by atoms with van der Waals surface area (Å²) in [6.45, 7) is 4.97. The number of rotatable bonds is 3. The van der Waals surface area contributed by atoms with Gasteiger partial charge in [-0.1, -0.05) is 23.7 Å². The van der Waals surface area contributed by atoms with Gasteiger partial charge >= 0.3 is 6.09 Å². The number of amides is 2. The molecule has 0 radical (unpaired) electrons. The van der Waals surface area contributed by atoms with Crippen LogP contribution in [0.15, 0.2) is 42.5 Å². The van der Waals surface area contributed by atoms with Crippen molar-refractivity contribution in [1.29, 1.82) is 0 Å². The van der Waals surface area contributed by atoms with E-state index in [0.717, 1.165) is 27.7 Å². The maximum absolute atomic E-state index is 12.9. The Balaban J connectivity index is 1.52. The number of carbonyl (C=O) groups is 2. The Hall–Kier alpha value is -3.03. The quantitative estimate of drug-likeness (QED) is 0.619. The highest BCUT2D eigenvalue weighted by molar-refractivity contribution is 6.31. The second-order valence-electron chi connectivity index (χ2n) is 8.28. The SMILES string of the molecule is CCOC(=O)N1CCc2c([nH]c3ccc(Cl)cc23)C1c1ccc(C(=O)N2CCOCC2)cc1. The highest BCUT2D eigenvalue weighted by Crippen LogP contribution is 2.39. The fourth-order valence-electron chi connectivity index (χ4n) is 4.77.